The quantitative estimate of drug-likeness (QED) is 0.774. The van der Waals surface area contributed by atoms with Crippen molar-refractivity contribution in [3.05, 3.63) is 60.2 Å². The van der Waals surface area contributed by atoms with E-state index in [9.17, 15) is 9.90 Å². The first kappa shape index (κ1) is 19.0. The van der Waals surface area contributed by atoms with E-state index in [2.05, 4.69) is 29.3 Å². The zero-order chi connectivity index (χ0) is 18.2. The molecule has 134 valence electrons. The summed E-state index contributed by atoms with van der Waals surface area (Å²) in [6.45, 7) is 4.20. The summed E-state index contributed by atoms with van der Waals surface area (Å²) in [6.07, 6.45) is -0.637. The molecule has 0 aliphatic carbocycles. The van der Waals surface area contributed by atoms with Crippen molar-refractivity contribution >= 4 is 11.6 Å². The Bertz CT molecular complexity index is 676. The minimum absolute atomic E-state index is 0.155. The number of anilines is 1. The number of aliphatic hydroxyl groups is 1. The monoisotopic (exact) mass is 342 g/mol. The third kappa shape index (κ3) is 5.89. The summed E-state index contributed by atoms with van der Waals surface area (Å²) in [5, 5.41) is 13.0. The molecule has 25 heavy (non-hydrogen) atoms. The Labute approximate surface area is 149 Å². The van der Waals surface area contributed by atoms with E-state index < -0.39 is 6.10 Å². The van der Waals surface area contributed by atoms with E-state index in [0.717, 1.165) is 0 Å². The van der Waals surface area contributed by atoms with Gasteiger partial charge in [0.2, 0.25) is 5.91 Å². The second-order valence-electron chi connectivity index (χ2n) is 6.17. The number of hydrogen-bond donors (Lipinski definition) is 2. The number of likely N-dealkylation sites (N-methyl/N-ethyl adjacent to an activating group) is 1. The molecule has 0 aromatic heterocycles. The minimum Gasteiger partial charge on any atom is -0.489 e. The molecule has 2 rings (SSSR count). The molecule has 0 aliphatic heterocycles. The van der Waals surface area contributed by atoms with Gasteiger partial charge in [0.15, 0.2) is 0 Å². The molecule has 2 atom stereocenters. The number of nitrogens with zero attached hydrogens (tertiary/aromatic N) is 1. The van der Waals surface area contributed by atoms with E-state index in [1.54, 1.807) is 12.1 Å². The van der Waals surface area contributed by atoms with Crippen molar-refractivity contribution in [2.24, 2.45) is 0 Å². The van der Waals surface area contributed by atoms with Gasteiger partial charge in [0, 0.05) is 19.5 Å². The summed E-state index contributed by atoms with van der Waals surface area (Å²) < 4.78 is 5.69. The largest absolute Gasteiger partial charge is 0.489 e. The predicted octanol–water partition coefficient (Wildman–Crippen LogP) is 3.08. The van der Waals surface area contributed by atoms with Crippen molar-refractivity contribution in [1.82, 2.24) is 4.90 Å². The summed E-state index contributed by atoms with van der Waals surface area (Å²) in [4.78, 5) is 13.3. The molecule has 0 aliphatic rings. The highest BCUT2D eigenvalue weighted by Crippen LogP contribution is 2.24. The molecule has 1 unspecified atom stereocenters. The number of carbonyl (C=O) groups excluding carboxylic acids is 1. The molecular formula is C20H26N2O3. The fourth-order valence-corrected chi connectivity index (χ4v) is 2.60. The van der Waals surface area contributed by atoms with Gasteiger partial charge in [-0.2, -0.15) is 0 Å². The van der Waals surface area contributed by atoms with Gasteiger partial charge < -0.3 is 15.2 Å². The number of hydrogen-bond acceptors (Lipinski definition) is 4. The molecule has 0 heterocycles. The molecule has 0 radical (unpaired) electrons. The van der Waals surface area contributed by atoms with Crippen LogP contribution in [0.2, 0.25) is 0 Å². The van der Waals surface area contributed by atoms with E-state index in [1.165, 1.54) is 12.5 Å². The number of benzene rings is 2. The zero-order valence-corrected chi connectivity index (χ0v) is 15.0. The van der Waals surface area contributed by atoms with Gasteiger partial charge in [0.05, 0.1) is 5.69 Å². The average Bonchev–Trinajstić information content (AvgIpc) is 2.60. The topological polar surface area (TPSA) is 61.8 Å². The van der Waals surface area contributed by atoms with Crippen molar-refractivity contribution < 1.29 is 14.6 Å². The van der Waals surface area contributed by atoms with Gasteiger partial charge in [-0.1, -0.05) is 42.5 Å². The van der Waals surface area contributed by atoms with Gasteiger partial charge in [0.25, 0.3) is 0 Å². The highest BCUT2D eigenvalue weighted by molar-refractivity contribution is 5.90. The number of carbonyl (C=O) groups is 1. The van der Waals surface area contributed by atoms with E-state index in [0.29, 0.717) is 18.0 Å². The zero-order valence-electron chi connectivity index (χ0n) is 15.0. The summed E-state index contributed by atoms with van der Waals surface area (Å²) >= 11 is 0. The lowest BCUT2D eigenvalue weighted by molar-refractivity contribution is -0.114. The molecule has 0 bridgehead atoms. The van der Waals surface area contributed by atoms with E-state index in [4.69, 9.17) is 4.74 Å². The van der Waals surface area contributed by atoms with E-state index >= 15 is 0 Å². The van der Waals surface area contributed by atoms with Crippen molar-refractivity contribution in [3.8, 4) is 5.75 Å². The third-order valence-electron chi connectivity index (χ3n) is 4.07. The van der Waals surface area contributed by atoms with Crippen LogP contribution in [0.25, 0.3) is 0 Å². The van der Waals surface area contributed by atoms with Gasteiger partial charge in [-0.15, -0.1) is 0 Å². The average molecular weight is 342 g/mol. The fraction of sp³-hybridized carbons (Fsp3) is 0.350. The molecular weight excluding hydrogens is 316 g/mol. The Morgan fingerprint density at radius 2 is 1.80 bits per heavy atom. The van der Waals surface area contributed by atoms with Crippen LogP contribution < -0.4 is 10.1 Å². The normalized spacial score (nSPS) is 13.3. The van der Waals surface area contributed by atoms with Crippen LogP contribution in [0.4, 0.5) is 5.69 Å². The van der Waals surface area contributed by atoms with Crippen molar-refractivity contribution in [3.63, 3.8) is 0 Å². The van der Waals surface area contributed by atoms with Crippen LogP contribution in [0.5, 0.6) is 5.75 Å². The van der Waals surface area contributed by atoms with Crippen LogP contribution in [-0.2, 0) is 4.79 Å². The molecule has 5 nitrogen and oxygen atoms in total. The molecule has 1 amide bonds. The molecule has 5 heteroatoms. The molecule has 2 N–H and O–H groups in total. The molecule has 2 aromatic carbocycles. The molecule has 0 saturated heterocycles. The molecule has 0 saturated carbocycles. The van der Waals surface area contributed by atoms with Crippen LogP contribution in [0, 0.1) is 0 Å². The van der Waals surface area contributed by atoms with Crippen LogP contribution >= 0.6 is 0 Å². The van der Waals surface area contributed by atoms with Crippen molar-refractivity contribution in [1.29, 1.82) is 0 Å². The van der Waals surface area contributed by atoms with Crippen LogP contribution in [0.15, 0.2) is 54.6 Å². The second kappa shape index (κ2) is 9.20. The maximum atomic E-state index is 11.2. The number of nitrogens with one attached hydrogen (secondary N) is 1. The number of amides is 1. The Morgan fingerprint density at radius 3 is 2.48 bits per heavy atom. The summed E-state index contributed by atoms with van der Waals surface area (Å²) in [5.41, 5.74) is 1.81. The SMILES string of the molecule is CC(=O)Nc1ccccc1OCC(O)CN(C)[C@H](C)c1ccccc1. The van der Waals surface area contributed by atoms with Gasteiger partial charge in [-0.05, 0) is 31.7 Å². The standard InChI is InChI=1S/C20H26N2O3/c1-15(17-9-5-4-6-10-17)22(3)13-18(24)14-25-20-12-8-7-11-19(20)21-16(2)23/h4-12,15,18,24H,13-14H2,1-3H3,(H,21,23)/t15-,18?/m1/s1. The van der Waals surface area contributed by atoms with Crippen LogP contribution in [0.1, 0.15) is 25.5 Å². The van der Waals surface area contributed by atoms with Gasteiger partial charge >= 0.3 is 0 Å². The summed E-state index contributed by atoms with van der Waals surface area (Å²) in [6, 6.07) is 17.6. The first-order chi connectivity index (χ1) is 12.0. The first-order valence-corrected chi connectivity index (χ1v) is 8.40. The molecule has 0 fully saturated rings. The Morgan fingerprint density at radius 1 is 1.16 bits per heavy atom. The Kier molecular flexibility index (Phi) is 6.98. The molecule has 2 aromatic rings. The van der Waals surface area contributed by atoms with E-state index in [1.807, 2.05) is 37.4 Å². The van der Waals surface area contributed by atoms with Crippen molar-refractivity contribution in [2.45, 2.75) is 26.0 Å². The van der Waals surface area contributed by atoms with Crippen LogP contribution in [0.3, 0.4) is 0 Å². The second-order valence-corrected chi connectivity index (χ2v) is 6.17. The lowest BCUT2D eigenvalue weighted by atomic mass is 10.1. The van der Waals surface area contributed by atoms with Crippen LogP contribution in [-0.4, -0.2) is 42.2 Å². The highest BCUT2D eigenvalue weighted by Gasteiger charge is 2.16. The van der Waals surface area contributed by atoms with Gasteiger partial charge in [0.1, 0.15) is 18.5 Å². The number of para-hydroxylation sites is 2. The maximum absolute atomic E-state index is 11.2. The van der Waals surface area contributed by atoms with Gasteiger partial charge in [-0.25, -0.2) is 0 Å². The number of ether oxygens (including phenoxy) is 1. The van der Waals surface area contributed by atoms with E-state index in [-0.39, 0.29) is 18.6 Å². The number of rotatable bonds is 8. The fourth-order valence-electron chi connectivity index (χ4n) is 2.60. The highest BCUT2D eigenvalue weighted by atomic mass is 16.5. The third-order valence-corrected chi connectivity index (χ3v) is 4.07. The first-order valence-electron chi connectivity index (χ1n) is 8.40. The summed E-state index contributed by atoms with van der Waals surface area (Å²) in [5.74, 6) is 0.392. The number of aliphatic hydroxyl groups excluding tert-OH is 1. The lowest BCUT2D eigenvalue weighted by Crippen LogP contribution is -2.34. The minimum atomic E-state index is -0.637. The van der Waals surface area contributed by atoms with Crippen molar-refractivity contribution in [2.75, 3.05) is 25.5 Å². The Hall–Kier alpha value is -2.37. The summed E-state index contributed by atoms with van der Waals surface area (Å²) in [7, 11) is 1.98. The maximum Gasteiger partial charge on any atom is 0.221 e. The smallest absolute Gasteiger partial charge is 0.221 e. The van der Waals surface area contributed by atoms with Gasteiger partial charge in [-0.3, -0.25) is 9.69 Å². The Balaban J connectivity index is 1.88. The lowest BCUT2D eigenvalue weighted by Gasteiger charge is -2.27. The predicted molar refractivity (Wildman–Crippen MR) is 99.7 cm³/mol. The molecule has 0 spiro atoms.